The molecule has 0 aliphatic rings. The summed E-state index contributed by atoms with van der Waals surface area (Å²) in [5, 5.41) is 13.0. The largest absolute Gasteiger partial charge is 0.389 e. The van der Waals surface area contributed by atoms with Crippen molar-refractivity contribution in [1.82, 2.24) is 5.32 Å². The van der Waals surface area contributed by atoms with E-state index in [1.54, 1.807) is 0 Å². The molecular weight excluding hydrogens is 226 g/mol. The molecule has 0 radical (unpaired) electrons. The molecule has 0 bridgehead atoms. The standard InChI is InChI=1S/C15H25NO2/c1-4-15(13-8-6-5-7-9-13)18-11-14(17)10-16-12(2)3/h5-9,12,14-17H,4,10-11H2,1-3H3/t14-,15+/m1/s1. The van der Waals surface area contributed by atoms with Crippen LogP contribution in [0.4, 0.5) is 0 Å². The van der Waals surface area contributed by atoms with Gasteiger partial charge in [-0.1, -0.05) is 51.1 Å². The van der Waals surface area contributed by atoms with Crippen LogP contribution in [0.25, 0.3) is 0 Å². The van der Waals surface area contributed by atoms with E-state index >= 15 is 0 Å². The Morgan fingerprint density at radius 1 is 1.22 bits per heavy atom. The molecule has 0 unspecified atom stereocenters. The number of aliphatic hydroxyl groups is 1. The molecule has 0 aromatic heterocycles. The van der Waals surface area contributed by atoms with Crippen molar-refractivity contribution >= 4 is 0 Å². The second-order valence-corrected chi connectivity index (χ2v) is 4.86. The van der Waals surface area contributed by atoms with E-state index < -0.39 is 6.10 Å². The van der Waals surface area contributed by atoms with Crippen LogP contribution < -0.4 is 5.32 Å². The van der Waals surface area contributed by atoms with Gasteiger partial charge in [0.05, 0.1) is 18.8 Å². The van der Waals surface area contributed by atoms with Crippen LogP contribution in [0.1, 0.15) is 38.9 Å². The molecular formula is C15H25NO2. The second kappa shape index (κ2) is 8.25. The summed E-state index contributed by atoms with van der Waals surface area (Å²) in [5.41, 5.74) is 1.17. The second-order valence-electron chi connectivity index (χ2n) is 4.86. The Bertz CT molecular complexity index is 314. The van der Waals surface area contributed by atoms with Crippen molar-refractivity contribution in [2.24, 2.45) is 0 Å². The van der Waals surface area contributed by atoms with Crippen LogP contribution in [0.5, 0.6) is 0 Å². The van der Waals surface area contributed by atoms with Gasteiger partial charge in [-0.05, 0) is 12.0 Å². The maximum absolute atomic E-state index is 9.80. The summed E-state index contributed by atoms with van der Waals surface area (Å²) in [5.74, 6) is 0. The molecule has 0 aliphatic carbocycles. The van der Waals surface area contributed by atoms with Crippen LogP contribution in [0, 0.1) is 0 Å². The molecule has 3 heteroatoms. The van der Waals surface area contributed by atoms with Gasteiger partial charge in [0, 0.05) is 12.6 Å². The fourth-order valence-electron chi connectivity index (χ4n) is 1.78. The fourth-order valence-corrected chi connectivity index (χ4v) is 1.78. The molecule has 0 fully saturated rings. The molecule has 0 spiro atoms. The number of aliphatic hydroxyl groups excluding tert-OH is 1. The summed E-state index contributed by atoms with van der Waals surface area (Å²) in [6.45, 7) is 7.16. The van der Waals surface area contributed by atoms with E-state index in [-0.39, 0.29) is 6.10 Å². The Hall–Kier alpha value is -0.900. The van der Waals surface area contributed by atoms with Crippen LogP contribution in [-0.4, -0.2) is 30.4 Å². The van der Waals surface area contributed by atoms with Gasteiger partial charge in [-0.15, -0.1) is 0 Å². The first-order chi connectivity index (χ1) is 8.63. The molecule has 18 heavy (non-hydrogen) atoms. The zero-order valence-corrected chi connectivity index (χ0v) is 11.6. The Labute approximate surface area is 110 Å². The molecule has 0 aliphatic heterocycles. The predicted molar refractivity (Wildman–Crippen MR) is 74.6 cm³/mol. The van der Waals surface area contributed by atoms with Crippen LogP contribution in [0.3, 0.4) is 0 Å². The molecule has 0 saturated heterocycles. The third-order valence-electron chi connectivity index (χ3n) is 2.79. The third-order valence-corrected chi connectivity index (χ3v) is 2.79. The van der Waals surface area contributed by atoms with Crippen molar-refractivity contribution in [3.05, 3.63) is 35.9 Å². The maximum atomic E-state index is 9.80. The normalized spacial score (nSPS) is 14.7. The summed E-state index contributed by atoms with van der Waals surface area (Å²) < 4.78 is 5.78. The van der Waals surface area contributed by atoms with Gasteiger partial charge in [0.15, 0.2) is 0 Å². The molecule has 3 nitrogen and oxygen atoms in total. The molecule has 0 amide bonds. The molecule has 102 valence electrons. The number of ether oxygens (including phenoxy) is 1. The number of nitrogens with one attached hydrogen (secondary N) is 1. The van der Waals surface area contributed by atoms with E-state index in [9.17, 15) is 5.11 Å². The fraction of sp³-hybridized carbons (Fsp3) is 0.600. The maximum Gasteiger partial charge on any atom is 0.0898 e. The highest BCUT2D eigenvalue weighted by Crippen LogP contribution is 2.20. The molecule has 1 rings (SSSR count). The van der Waals surface area contributed by atoms with Gasteiger partial charge in [-0.25, -0.2) is 0 Å². The highest BCUT2D eigenvalue weighted by Gasteiger charge is 2.12. The van der Waals surface area contributed by atoms with E-state index in [0.29, 0.717) is 19.2 Å². The van der Waals surface area contributed by atoms with Crippen molar-refractivity contribution in [1.29, 1.82) is 0 Å². The molecule has 1 aromatic carbocycles. The van der Waals surface area contributed by atoms with Crippen LogP contribution in [0.15, 0.2) is 30.3 Å². The van der Waals surface area contributed by atoms with Gasteiger partial charge < -0.3 is 15.2 Å². The van der Waals surface area contributed by atoms with Crippen molar-refractivity contribution in [3.8, 4) is 0 Å². The van der Waals surface area contributed by atoms with E-state index in [2.05, 4.69) is 38.2 Å². The lowest BCUT2D eigenvalue weighted by molar-refractivity contribution is -0.0118. The van der Waals surface area contributed by atoms with Crippen molar-refractivity contribution < 1.29 is 9.84 Å². The zero-order chi connectivity index (χ0) is 13.4. The molecule has 2 N–H and O–H groups in total. The summed E-state index contributed by atoms with van der Waals surface area (Å²) in [4.78, 5) is 0. The smallest absolute Gasteiger partial charge is 0.0898 e. The first-order valence-electron chi connectivity index (χ1n) is 6.71. The van der Waals surface area contributed by atoms with Crippen molar-refractivity contribution in [2.75, 3.05) is 13.2 Å². The topological polar surface area (TPSA) is 41.5 Å². The number of hydrogen-bond donors (Lipinski definition) is 2. The minimum absolute atomic E-state index is 0.0694. The van der Waals surface area contributed by atoms with E-state index in [1.807, 2.05) is 18.2 Å². The Morgan fingerprint density at radius 3 is 2.44 bits per heavy atom. The minimum Gasteiger partial charge on any atom is -0.389 e. The van der Waals surface area contributed by atoms with Crippen molar-refractivity contribution in [2.45, 2.75) is 45.4 Å². The quantitative estimate of drug-likeness (QED) is 0.746. The summed E-state index contributed by atoms with van der Waals surface area (Å²) in [6.07, 6.45) is 0.527. The number of hydrogen-bond acceptors (Lipinski definition) is 3. The highest BCUT2D eigenvalue weighted by molar-refractivity contribution is 5.17. The monoisotopic (exact) mass is 251 g/mol. The number of rotatable bonds is 8. The summed E-state index contributed by atoms with van der Waals surface area (Å²) >= 11 is 0. The molecule has 0 saturated carbocycles. The lowest BCUT2D eigenvalue weighted by atomic mass is 10.1. The highest BCUT2D eigenvalue weighted by atomic mass is 16.5. The SMILES string of the molecule is CC[C@H](OC[C@H](O)CNC(C)C)c1ccccc1. The number of benzene rings is 1. The predicted octanol–water partition coefficient (Wildman–Crippen LogP) is 2.51. The van der Waals surface area contributed by atoms with Gasteiger partial charge in [-0.3, -0.25) is 0 Å². The zero-order valence-electron chi connectivity index (χ0n) is 11.6. The third kappa shape index (κ3) is 5.63. The van der Waals surface area contributed by atoms with E-state index in [4.69, 9.17) is 4.74 Å². The van der Waals surface area contributed by atoms with Gasteiger partial charge in [0.2, 0.25) is 0 Å². The van der Waals surface area contributed by atoms with Crippen LogP contribution >= 0.6 is 0 Å². The lowest BCUT2D eigenvalue weighted by Gasteiger charge is -2.20. The van der Waals surface area contributed by atoms with Gasteiger partial charge in [0.25, 0.3) is 0 Å². The average molecular weight is 251 g/mol. The average Bonchev–Trinajstić information content (AvgIpc) is 2.38. The van der Waals surface area contributed by atoms with E-state index in [0.717, 1.165) is 6.42 Å². The summed E-state index contributed by atoms with van der Waals surface area (Å²) in [6, 6.07) is 10.5. The van der Waals surface area contributed by atoms with Crippen LogP contribution in [-0.2, 0) is 4.74 Å². The Morgan fingerprint density at radius 2 is 1.89 bits per heavy atom. The van der Waals surface area contributed by atoms with E-state index in [1.165, 1.54) is 5.56 Å². The minimum atomic E-state index is -0.454. The van der Waals surface area contributed by atoms with Gasteiger partial charge in [-0.2, -0.15) is 0 Å². The van der Waals surface area contributed by atoms with Gasteiger partial charge in [0.1, 0.15) is 0 Å². The molecule has 1 aromatic rings. The van der Waals surface area contributed by atoms with Crippen molar-refractivity contribution in [3.63, 3.8) is 0 Å². The first-order valence-corrected chi connectivity index (χ1v) is 6.71. The Balaban J connectivity index is 2.36. The van der Waals surface area contributed by atoms with Crippen LogP contribution in [0.2, 0.25) is 0 Å². The summed E-state index contributed by atoms with van der Waals surface area (Å²) in [7, 11) is 0. The lowest BCUT2D eigenvalue weighted by Crippen LogP contribution is -2.34. The Kier molecular flexibility index (Phi) is 6.94. The first kappa shape index (κ1) is 15.2. The molecule has 2 atom stereocenters. The molecule has 0 heterocycles. The van der Waals surface area contributed by atoms with Gasteiger partial charge >= 0.3 is 0 Å².